The molecule has 312 valence electrons. The summed E-state index contributed by atoms with van der Waals surface area (Å²) >= 11 is 1.82. The number of hydrogen-bond donors (Lipinski definition) is 0. The van der Waals surface area contributed by atoms with Crippen LogP contribution in [0.4, 0.5) is 0 Å². The van der Waals surface area contributed by atoms with E-state index in [1.165, 1.54) is 63.9 Å². The van der Waals surface area contributed by atoms with Gasteiger partial charge in [0.25, 0.3) is 0 Å². The summed E-state index contributed by atoms with van der Waals surface area (Å²) in [5, 5.41) is 9.55. The molecule has 0 saturated carbocycles. The maximum absolute atomic E-state index is 5.15. The molecule has 0 spiro atoms. The van der Waals surface area contributed by atoms with E-state index in [2.05, 4.69) is 160 Å². The van der Waals surface area contributed by atoms with Crippen LogP contribution in [0.1, 0.15) is 0 Å². The maximum Gasteiger partial charge on any atom is 0.238 e. The fraction of sp³-hybridized carbons (Fsp3) is 0. The number of benzene rings is 9. The lowest BCUT2D eigenvalue weighted by Gasteiger charge is -2.13. The van der Waals surface area contributed by atoms with Crippen molar-refractivity contribution in [3.63, 3.8) is 0 Å². The van der Waals surface area contributed by atoms with Crippen LogP contribution < -0.4 is 0 Å². The molecule has 0 aliphatic rings. The predicted molar refractivity (Wildman–Crippen MR) is 278 cm³/mol. The van der Waals surface area contributed by atoms with E-state index in [1.54, 1.807) is 0 Å². The lowest BCUT2D eigenvalue weighted by Crippen LogP contribution is -2.06. The highest BCUT2D eigenvalue weighted by atomic mass is 32.1. The molecule has 5 aromatic heterocycles. The minimum absolute atomic E-state index is 0.578. The van der Waals surface area contributed by atoms with Crippen molar-refractivity contribution in [1.29, 1.82) is 0 Å². The molecule has 0 N–H and O–H groups in total. The quantitative estimate of drug-likeness (QED) is 0.167. The van der Waals surface area contributed by atoms with Gasteiger partial charge in [-0.15, -0.1) is 11.3 Å². The van der Waals surface area contributed by atoms with Crippen LogP contribution in [-0.4, -0.2) is 29.1 Å². The monoisotopic (exact) mass is 872 g/mol. The summed E-state index contributed by atoms with van der Waals surface area (Å²) in [5.74, 6) is 1.84. The van der Waals surface area contributed by atoms with E-state index in [9.17, 15) is 0 Å². The van der Waals surface area contributed by atoms with Crippen molar-refractivity contribution in [1.82, 2.24) is 29.1 Å². The van der Waals surface area contributed by atoms with E-state index in [-0.39, 0.29) is 0 Å². The van der Waals surface area contributed by atoms with Crippen molar-refractivity contribution in [2.24, 2.45) is 0 Å². The van der Waals surface area contributed by atoms with Crippen LogP contribution in [0, 0.1) is 0 Å². The molecular weight excluding hydrogens is 837 g/mol. The van der Waals surface area contributed by atoms with Gasteiger partial charge in [0, 0.05) is 70.9 Å². The van der Waals surface area contributed by atoms with E-state index < -0.39 is 0 Å². The molecule has 0 atom stereocenters. The molecule has 14 rings (SSSR count). The Morgan fingerprint density at radius 1 is 0.343 bits per heavy atom. The first-order chi connectivity index (χ1) is 33.2. The molecule has 0 radical (unpaired) electrons. The number of rotatable bonds is 6. The summed E-state index contributed by atoms with van der Waals surface area (Å²) in [6.07, 6.45) is 3.87. The molecule has 6 nitrogen and oxygen atoms in total. The topological polar surface area (TPSA) is 61.4 Å². The van der Waals surface area contributed by atoms with Gasteiger partial charge in [0.15, 0.2) is 11.6 Å². The average Bonchev–Trinajstić information content (AvgIpc) is 4.05. The highest BCUT2D eigenvalue weighted by Gasteiger charge is 2.20. The molecule has 0 saturated heterocycles. The molecule has 7 heteroatoms. The molecule has 0 amide bonds. The largest absolute Gasteiger partial charge is 0.309 e. The Bertz CT molecular complexity index is 4220. The van der Waals surface area contributed by atoms with Gasteiger partial charge in [0.1, 0.15) is 0 Å². The Hall–Kier alpha value is -8.78. The third-order valence-corrected chi connectivity index (χ3v) is 14.4. The normalized spacial score (nSPS) is 11.9. The molecule has 0 bridgehead atoms. The molecule has 5 heterocycles. The minimum Gasteiger partial charge on any atom is -0.309 e. The van der Waals surface area contributed by atoms with Crippen LogP contribution in [0.25, 0.3) is 131 Å². The second-order valence-electron chi connectivity index (χ2n) is 17.1. The van der Waals surface area contributed by atoms with Crippen LogP contribution in [0.5, 0.6) is 0 Å². The summed E-state index contributed by atoms with van der Waals surface area (Å²) < 4.78 is 7.12. The summed E-state index contributed by atoms with van der Waals surface area (Å²) in [6.45, 7) is 0. The van der Waals surface area contributed by atoms with Gasteiger partial charge in [-0.2, -0.15) is 9.97 Å². The Labute approximate surface area is 388 Å². The average molecular weight is 873 g/mol. The van der Waals surface area contributed by atoms with Crippen molar-refractivity contribution in [3.8, 4) is 56.7 Å². The second-order valence-corrected chi connectivity index (χ2v) is 18.2. The Kier molecular flexibility index (Phi) is 8.35. The van der Waals surface area contributed by atoms with Crippen LogP contribution in [-0.2, 0) is 0 Å². The van der Waals surface area contributed by atoms with E-state index in [1.807, 2.05) is 84.4 Å². The fourth-order valence-corrected chi connectivity index (χ4v) is 11.2. The molecular formula is C60H36N6S. The van der Waals surface area contributed by atoms with Gasteiger partial charge >= 0.3 is 0 Å². The second kappa shape index (κ2) is 14.9. The number of aromatic nitrogens is 6. The van der Waals surface area contributed by atoms with Gasteiger partial charge in [-0.25, -0.2) is 4.98 Å². The van der Waals surface area contributed by atoms with Crippen molar-refractivity contribution in [3.05, 3.63) is 219 Å². The van der Waals surface area contributed by atoms with Gasteiger partial charge in [0.05, 0.1) is 22.1 Å². The highest BCUT2D eigenvalue weighted by molar-refractivity contribution is 7.25. The smallest absolute Gasteiger partial charge is 0.238 e. The van der Waals surface area contributed by atoms with Gasteiger partial charge < -0.3 is 4.57 Å². The first kappa shape index (κ1) is 37.6. The number of hydrogen-bond acceptors (Lipinski definition) is 5. The maximum atomic E-state index is 5.15. The van der Waals surface area contributed by atoms with E-state index in [0.717, 1.165) is 49.7 Å². The lowest BCUT2D eigenvalue weighted by molar-refractivity contribution is 0.953. The summed E-state index contributed by atoms with van der Waals surface area (Å²) in [4.78, 5) is 19.7. The zero-order valence-corrected chi connectivity index (χ0v) is 36.7. The molecule has 0 aliphatic carbocycles. The van der Waals surface area contributed by atoms with Crippen LogP contribution in [0.2, 0.25) is 0 Å². The van der Waals surface area contributed by atoms with E-state index >= 15 is 0 Å². The summed E-state index contributed by atoms with van der Waals surface area (Å²) in [5.41, 5.74) is 12.1. The van der Waals surface area contributed by atoms with Crippen LogP contribution >= 0.6 is 11.3 Å². The standard InChI is InChI=1S/C60H36N6S/c1-3-13-37(14-4-1)58-62-59(38-15-5-2-6-16-38)64-60(63-58)66-53-22-12-10-20-46(53)48-32-39(23-26-55(48)66)42-31-40-17-7-8-18-44(40)47(34-42)41-24-27-54-49(33-41)45-19-9-11-21-52(45)65(54)43-25-28-56-50(35-43)51-36-61-30-29-57(51)67-56/h1-36H. The van der Waals surface area contributed by atoms with Crippen molar-refractivity contribution >= 4 is 85.9 Å². The van der Waals surface area contributed by atoms with Crippen LogP contribution in [0.3, 0.4) is 0 Å². The Balaban J connectivity index is 0.928. The molecule has 14 aromatic rings. The Morgan fingerprint density at radius 2 is 0.925 bits per heavy atom. The Morgan fingerprint density at radius 3 is 1.66 bits per heavy atom. The first-order valence-electron chi connectivity index (χ1n) is 22.4. The van der Waals surface area contributed by atoms with Crippen molar-refractivity contribution < 1.29 is 0 Å². The number of para-hydroxylation sites is 2. The highest BCUT2D eigenvalue weighted by Crippen LogP contribution is 2.42. The lowest BCUT2D eigenvalue weighted by atomic mass is 9.92. The predicted octanol–water partition coefficient (Wildman–Crippen LogP) is 15.6. The molecule has 0 aliphatic heterocycles. The van der Waals surface area contributed by atoms with Crippen LogP contribution in [0.15, 0.2) is 219 Å². The summed E-state index contributed by atoms with van der Waals surface area (Å²) in [7, 11) is 0. The third kappa shape index (κ3) is 6.02. The minimum atomic E-state index is 0.578. The van der Waals surface area contributed by atoms with Crippen molar-refractivity contribution in [2.75, 3.05) is 0 Å². The van der Waals surface area contributed by atoms with E-state index in [4.69, 9.17) is 15.0 Å². The fourth-order valence-electron chi connectivity index (χ4n) is 10.1. The molecule has 67 heavy (non-hydrogen) atoms. The van der Waals surface area contributed by atoms with E-state index in [0.29, 0.717) is 17.6 Å². The molecule has 0 unspecified atom stereocenters. The van der Waals surface area contributed by atoms with Crippen molar-refractivity contribution in [2.45, 2.75) is 0 Å². The van der Waals surface area contributed by atoms with Gasteiger partial charge in [-0.3, -0.25) is 9.55 Å². The zero-order chi connectivity index (χ0) is 44.0. The zero-order valence-electron chi connectivity index (χ0n) is 35.9. The molecule has 0 fully saturated rings. The number of fused-ring (bicyclic) bond motifs is 10. The van der Waals surface area contributed by atoms with Gasteiger partial charge in [-0.1, -0.05) is 133 Å². The van der Waals surface area contributed by atoms with Gasteiger partial charge in [-0.05, 0) is 106 Å². The SMILES string of the molecule is c1ccc(-c2nc(-c3ccccc3)nc(-n3c4ccccc4c4cc(-c5cc(-c6ccc7c(c6)c6ccccc6n7-c6ccc7sc8ccncc8c7c6)c6ccccc6c5)ccc43)n2)cc1. The molecule has 9 aromatic carbocycles. The summed E-state index contributed by atoms with van der Waals surface area (Å²) in [6, 6.07) is 73.8. The number of nitrogens with zero attached hydrogens (tertiary/aromatic N) is 6. The van der Waals surface area contributed by atoms with Gasteiger partial charge in [0.2, 0.25) is 5.95 Å². The third-order valence-electron chi connectivity index (χ3n) is 13.3. The number of pyridine rings is 1. The number of thiophene rings is 1. The first-order valence-corrected chi connectivity index (χ1v) is 23.3.